The predicted octanol–water partition coefficient (Wildman–Crippen LogP) is 3.61. The van der Waals surface area contributed by atoms with E-state index >= 15 is 0 Å². The normalized spacial score (nSPS) is 12.4. The Morgan fingerprint density at radius 1 is 1.33 bits per heavy atom. The highest BCUT2D eigenvalue weighted by Gasteiger charge is 2.13. The molecule has 2 nitrogen and oxygen atoms in total. The fourth-order valence-corrected chi connectivity index (χ4v) is 2.19. The Balaban J connectivity index is 2.61. The minimum Gasteiger partial charge on any atom is -0.310 e. The summed E-state index contributed by atoms with van der Waals surface area (Å²) in [6.45, 7) is 7.00. The van der Waals surface area contributed by atoms with Gasteiger partial charge in [-0.1, -0.05) is 32.8 Å². The zero-order valence-electron chi connectivity index (χ0n) is 11.3. The molecule has 0 saturated carbocycles. The van der Waals surface area contributed by atoms with E-state index in [2.05, 4.69) is 26.1 Å². The van der Waals surface area contributed by atoms with Gasteiger partial charge in [0, 0.05) is 18.2 Å². The molecule has 3 heteroatoms. The molecule has 0 aliphatic heterocycles. The van der Waals surface area contributed by atoms with Crippen molar-refractivity contribution < 1.29 is 4.39 Å². The van der Waals surface area contributed by atoms with E-state index in [1.165, 1.54) is 6.07 Å². The molecule has 1 rings (SSSR count). The van der Waals surface area contributed by atoms with Gasteiger partial charge < -0.3 is 5.32 Å². The molecule has 0 spiro atoms. The van der Waals surface area contributed by atoms with Crippen LogP contribution in [0.5, 0.6) is 0 Å². The minimum absolute atomic E-state index is 0.307. The van der Waals surface area contributed by atoms with Gasteiger partial charge in [0.2, 0.25) is 0 Å². The topological polar surface area (TPSA) is 35.8 Å². The molecule has 0 radical (unpaired) electrons. The molecular weight excluding hydrogens is 227 g/mol. The van der Waals surface area contributed by atoms with E-state index in [-0.39, 0.29) is 5.82 Å². The number of halogens is 1. The van der Waals surface area contributed by atoms with Gasteiger partial charge >= 0.3 is 0 Å². The van der Waals surface area contributed by atoms with Gasteiger partial charge in [0.25, 0.3) is 0 Å². The summed E-state index contributed by atoms with van der Waals surface area (Å²) in [7, 11) is 0. The van der Waals surface area contributed by atoms with Crippen molar-refractivity contribution in [1.82, 2.24) is 5.32 Å². The van der Waals surface area contributed by atoms with E-state index in [9.17, 15) is 4.39 Å². The molecule has 0 saturated heterocycles. The Morgan fingerprint density at radius 3 is 2.50 bits per heavy atom. The number of hydrogen-bond donors (Lipinski definition) is 1. The minimum atomic E-state index is -0.307. The van der Waals surface area contributed by atoms with Gasteiger partial charge in [-0.3, -0.25) is 0 Å². The molecule has 98 valence electrons. The summed E-state index contributed by atoms with van der Waals surface area (Å²) in [5.74, 6) is 0.310. The zero-order valence-corrected chi connectivity index (χ0v) is 11.3. The molecule has 0 amide bonds. The third kappa shape index (κ3) is 3.82. The van der Waals surface area contributed by atoms with Crippen LogP contribution in [0.2, 0.25) is 0 Å². The van der Waals surface area contributed by atoms with Crippen LogP contribution >= 0.6 is 0 Å². The van der Waals surface area contributed by atoms with Crippen LogP contribution in [0, 0.1) is 23.1 Å². The summed E-state index contributed by atoms with van der Waals surface area (Å²) in [5.41, 5.74) is 0.982. The first-order valence-corrected chi connectivity index (χ1v) is 6.54. The molecule has 0 fully saturated rings. The highest BCUT2D eigenvalue weighted by atomic mass is 19.1. The zero-order chi connectivity index (χ0) is 13.5. The van der Waals surface area contributed by atoms with Gasteiger partial charge in [-0.05, 0) is 25.0 Å². The van der Waals surface area contributed by atoms with Crippen LogP contribution in [-0.4, -0.2) is 6.04 Å². The highest BCUT2D eigenvalue weighted by Crippen LogP contribution is 2.14. The monoisotopic (exact) mass is 248 g/mol. The summed E-state index contributed by atoms with van der Waals surface area (Å²) >= 11 is 0. The Bertz CT molecular complexity index is 419. The number of nitrogens with one attached hydrogen (secondary N) is 1. The maximum atomic E-state index is 13.7. The SMILES string of the molecule is CCC(CC)C(C)NCc1ccc(C#N)cc1F. The van der Waals surface area contributed by atoms with Crippen LogP contribution in [0.15, 0.2) is 18.2 Å². The largest absolute Gasteiger partial charge is 0.310 e. The quantitative estimate of drug-likeness (QED) is 0.834. The van der Waals surface area contributed by atoms with Crippen LogP contribution in [0.1, 0.15) is 44.7 Å². The molecule has 1 N–H and O–H groups in total. The first-order chi connectivity index (χ1) is 8.62. The van der Waals surface area contributed by atoms with Crippen LogP contribution in [0.4, 0.5) is 4.39 Å². The molecule has 1 aromatic carbocycles. The average molecular weight is 248 g/mol. The lowest BCUT2D eigenvalue weighted by Gasteiger charge is -2.22. The molecule has 1 unspecified atom stereocenters. The average Bonchev–Trinajstić information content (AvgIpc) is 2.38. The van der Waals surface area contributed by atoms with Gasteiger partial charge in [0.05, 0.1) is 11.6 Å². The highest BCUT2D eigenvalue weighted by molar-refractivity contribution is 5.32. The molecule has 1 atom stereocenters. The van der Waals surface area contributed by atoms with E-state index < -0.39 is 0 Å². The van der Waals surface area contributed by atoms with Crippen molar-refractivity contribution in [3.63, 3.8) is 0 Å². The van der Waals surface area contributed by atoms with Gasteiger partial charge in [-0.2, -0.15) is 5.26 Å². The lowest BCUT2D eigenvalue weighted by Crippen LogP contribution is -2.32. The maximum absolute atomic E-state index is 13.7. The third-order valence-corrected chi connectivity index (χ3v) is 3.55. The van der Waals surface area contributed by atoms with Crippen LogP contribution in [0.3, 0.4) is 0 Å². The Kier molecular flexibility index (Phi) is 5.80. The molecule has 0 bridgehead atoms. The summed E-state index contributed by atoms with van der Waals surface area (Å²) in [6.07, 6.45) is 2.25. The molecule has 1 aromatic rings. The van der Waals surface area contributed by atoms with E-state index in [0.717, 1.165) is 12.8 Å². The summed E-state index contributed by atoms with van der Waals surface area (Å²) in [5, 5.41) is 12.0. The van der Waals surface area contributed by atoms with E-state index in [1.807, 2.05) is 6.07 Å². The van der Waals surface area contributed by atoms with Crippen molar-refractivity contribution in [3.05, 3.63) is 35.1 Å². The first kappa shape index (κ1) is 14.7. The maximum Gasteiger partial charge on any atom is 0.129 e. The van der Waals surface area contributed by atoms with Gasteiger partial charge in [-0.15, -0.1) is 0 Å². The van der Waals surface area contributed by atoms with E-state index in [1.54, 1.807) is 12.1 Å². The smallest absolute Gasteiger partial charge is 0.129 e. The molecule has 18 heavy (non-hydrogen) atoms. The second-order valence-corrected chi connectivity index (χ2v) is 4.66. The number of nitriles is 1. The molecular formula is C15H21FN2. The number of nitrogens with zero attached hydrogens (tertiary/aromatic N) is 1. The van der Waals surface area contributed by atoms with Crippen LogP contribution in [-0.2, 0) is 6.54 Å². The molecule has 0 aromatic heterocycles. The van der Waals surface area contributed by atoms with E-state index in [4.69, 9.17) is 5.26 Å². The standard InChI is InChI=1S/C15H21FN2/c1-4-13(5-2)11(3)18-10-14-7-6-12(9-17)8-15(14)16/h6-8,11,13,18H,4-5,10H2,1-3H3. The van der Waals surface area contributed by atoms with E-state index in [0.29, 0.717) is 29.6 Å². The van der Waals surface area contributed by atoms with Crippen LogP contribution in [0.25, 0.3) is 0 Å². The summed E-state index contributed by atoms with van der Waals surface area (Å²) in [4.78, 5) is 0. The predicted molar refractivity (Wildman–Crippen MR) is 71.5 cm³/mol. The third-order valence-electron chi connectivity index (χ3n) is 3.55. The molecule has 0 heterocycles. The van der Waals surface area contributed by atoms with Crippen molar-refractivity contribution in [1.29, 1.82) is 5.26 Å². The van der Waals surface area contributed by atoms with Crippen molar-refractivity contribution in [2.75, 3.05) is 0 Å². The van der Waals surface area contributed by atoms with Crippen molar-refractivity contribution in [3.8, 4) is 6.07 Å². The molecule has 0 aliphatic rings. The van der Waals surface area contributed by atoms with Crippen LogP contribution < -0.4 is 5.32 Å². The van der Waals surface area contributed by atoms with Gasteiger partial charge in [0.1, 0.15) is 5.82 Å². The van der Waals surface area contributed by atoms with Crippen molar-refractivity contribution in [2.45, 2.75) is 46.2 Å². The van der Waals surface area contributed by atoms with Gasteiger partial charge in [0.15, 0.2) is 0 Å². The van der Waals surface area contributed by atoms with Gasteiger partial charge in [-0.25, -0.2) is 4.39 Å². The number of rotatable bonds is 6. The van der Waals surface area contributed by atoms with Crippen molar-refractivity contribution in [2.24, 2.45) is 5.92 Å². The second kappa shape index (κ2) is 7.13. The number of benzene rings is 1. The van der Waals surface area contributed by atoms with Crippen molar-refractivity contribution >= 4 is 0 Å². The lowest BCUT2D eigenvalue weighted by atomic mass is 9.95. The Hall–Kier alpha value is -1.40. The second-order valence-electron chi connectivity index (χ2n) is 4.66. The fraction of sp³-hybridized carbons (Fsp3) is 0.533. The molecule has 0 aliphatic carbocycles. The Morgan fingerprint density at radius 2 is 2.00 bits per heavy atom. The number of hydrogen-bond acceptors (Lipinski definition) is 2. The Labute approximate surface area is 109 Å². The summed E-state index contributed by atoms with van der Waals surface area (Å²) < 4.78 is 13.7. The first-order valence-electron chi connectivity index (χ1n) is 6.54. The lowest BCUT2D eigenvalue weighted by molar-refractivity contribution is 0.351. The summed E-state index contributed by atoms with van der Waals surface area (Å²) in [6, 6.07) is 6.93. The fourth-order valence-electron chi connectivity index (χ4n) is 2.19.